The van der Waals surface area contributed by atoms with Gasteiger partial charge >= 0.3 is 0 Å². The van der Waals surface area contributed by atoms with Crippen molar-refractivity contribution in [3.05, 3.63) is 36.4 Å². The molecule has 1 aromatic rings. The average Bonchev–Trinajstić information content (AvgIpc) is 2.25. The lowest BCUT2D eigenvalue weighted by molar-refractivity contribution is 0.198. The SMILES string of the molecule is C=CCOc1ccc([C@H](C)O)cc1OC. The lowest BCUT2D eigenvalue weighted by Crippen LogP contribution is -1.98. The molecule has 1 aromatic carbocycles. The molecule has 1 atom stereocenters. The van der Waals surface area contributed by atoms with Crippen molar-refractivity contribution in [1.29, 1.82) is 0 Å². The smallest absolute Gasteiger partial charge is 0.161 e. The number of hydrogen-bond acceptors (Lipinski definition) is 3. The topological polar surface area (TPSA) is 38.7 Å². The second-order valence-corrected chi connectivity index (χ2v) is 3.19. The Bertz CT molecular complexity index is 332. The Morgan fingerprint density at radius 3 is 2.73 bits per heavy atom. The number of hydrogen-bond donors (Lipinski definition) is 1. The molecule has 82 valence electrons. The molecule has 0 aliphatic carbocycles. The van der Waals surface area contributed by atoms with Crippen LogP contribution in [0, 0.1) is 0 Å². The third-order valence-electron chi connectivity index (χ3n) is 2.03. The van der Waals surface area contributed by atoms with Crippen LogP contribution in [0.15, 0.2) is 30.9 Å². The van der Waals surface area contributed by atoms with E-state index in [1.54, 1.807) is 32.2 Å². The summed E-state index contributed by atoms with van der Waals surface area (Å²) in [5.74, 6) is 1.28. The summed E-state index contributed by atoms with van der Waals surface area (Å²) in [5, 5.41) is 9.40. The van der Waals surface area contributed by atoms with Crippen molar-refractivity contribution in [3.63, 3.8) is 0 Å². The number of aliphatic hydroxyl groups excluding tert-OH is 1. The highest BCUT2D eigenvalue weighted by atomic mass is 16.5. The fourth-order valence-corrected chi connectivity index (χ4v) is 1.21. The van der Waals surface area contributed by atoms with Crippen LogP contribution in [0.1, 0.15) is 18.6 Å². The lowest BCUT2D eigenvalue weighted by atomic mass is 10.1. The second-order valence-electron chi connectivity index (χ2n) is 3.19. The summed E-state index contributed by atoms with van der Waals surface area (Å²) in [4.78, 5) is 0. The van der Waals surface area contributed by atoms with Crippen LogP contribution in [-0.4, -0.2) is 18.8 Å². The summed E-state index contributed by atoms with van der Waals surface area (Å²) in [6.45, 7) is 5.71. The van der Waals surface area contributed by atoms with E-state index in [1.807, 2.05) is 6.07 Å². The Balaban J connectivity index is 2.92. The first-order chi connectivity index (χ1) is 7.19. The fraction of sp³-hybridized carbons (Fsp3) is 0.333. The van der Waals surface area contributed by atoms with Gasteiger partial charge in [0.15, 0.2) is 11.5 Å². The number of benzene rings is 1. The Morgan fingerprint density at radius 1 is 1.47 bits per heavy atom. The molecule has 0 aliphatic rings. The molecule has 3 nitrogen and oxygen atoms in total. The van der Waals surface area contributed by atoms with Crippen LogP contribution in [0.2, 0.25) is 0 Å². The minimum atomic E-state index is -0.507. The maximum absolute atomic E-state index is 9.40. The van der Waals surface area contributed by atoms with Crippen LogP contribution in [0.5, 0.6) is 11.5 Å². The van der Waals surface area contributed by atoms with Gasteiger partial charge in [0.25, 0.3) is 0 Å². The van der Waals surface area contributed by atoms with E-state index in [4.69, 9.17) is 9.47 Å². The highest BCUT2D eigenvalue weighted by Gasteiger charge is 2.07. The molecule has 1 N–H and O–H groups in total. The first-order valence-corrected chi connectivity index (χ1v) is 4.78. The average molecular weight is 208 g/mol. The van der Waals surface area contributed by atoms with E-state index in [0.717, 1.165) is 5.56 Å². The van der Waals surface area contributed by atoms with Gasteiger partial charge in [-0.1, -0.05) is 18.7 Å². The highest BCUT2D eigenvalue weighted by molar-refractivity contribution is 5.43. The molecule has 15 heavy (non-hydrogen) atoms. The van der Waals surface area contributed by atoms with Gasteiger partial charge in [0.2, 0.25) is 0 Å². The molecule has 0 saturated carbocycles. The van der Waals surface area contributed by atoms with Gasteiger partial charge in [-0.05, 0) is 24.6 Å². The standard InChI is InChI=1S/C12H16O3/c1-4-7-15-11-6-5-10(9(2)13)8-12(11)14-3/h4-6,8-9,13H,1,7H2,2-3H3/t9-/m0/s1. The lowest BCUT2D eigenvalue weighted by Gasteiger charge is -2.12. The molecule has 0 saturated heterocycles. The molecule has 1 rings (SSSR count). The molecule has 0 aromatic heterocycles. The van der Waals surface area contributed by atoms with E-state index < -0.39 is 6.10 Å². The van der Waals surface area contributed by atoms with Crippen molar-refractivity contribution in [2.75, 3.05) is 13.7 Å². The van der Waals surface area contributed by atoms with Gasteiger partial charge in [-0.25, -0.2) is 0 Å². The Morgan fingerprint density at radius 2 is 2.20 bits per heavy atom. The van der Waals surface area contributed by atoms with Gasteiger partial charge in [0, 0.05) is 0 Å². The number of methoxy groups -OCH3 is 1. The summed E-state index contributed by atoms with van der Waals surface area (Å²) in [6, 6.07) is 5.36. The van der Waals surface area contributed by atoms with E-state index in [1.165, 1.54) is 0 Å². The van der Waals surface area contributed by atoms with E-state index in [0.29, 0.717) is 18.1 Å². The predicted octanol–water partition coefficient (Wildman–Crippen LogP) is 2.31. The summed E-state index contributed by atoms with van der Waals surface area (Å²) in [7, 11) is 1.57. The summed E-state index contributed by atoms with van der Waals surface area (Å²) < 4.78 is 10.6. The zero-order valence-electron chi connectivity index (χ0n) is 9.06. The van der Waals surface area contributed by atoms with Crippen LogP contribution in [0.3, 0.4) is 0 Å². The summed E-state index contributed by atoms with van der Waals surface area (Å²) in [5.41, 5.74) is 0.804. The first kappa shape index (κ1) is 11.6. The largest absolute Gasteiger partial charge is 0.493 e. The molecular weight excluding hydrogens is 192 g/mol. The van der Waals surface area contributed by atoms with Crippen molar-refractivity contribution in [1.82, 2.24) is 0 Å². The van der Waals surface area contributed by atoms with Crippen molar-refractivity contribution in [3.8, 4) is 11.5 Å². The number of aliphatic hydroxyl groups is 1. The minimum absolute atomic E-state index is 0.435. The molecular formula is C12H16O3. The molecule has 0 aliphatic heterocycles. The van der Waals surface area contributed by atoms with E-state index in [2.05, 4.69) is 6.58 Å². The fourth-order valence-electron chi connectivity index (χ4n) is 1.21. The quantitative estimate of drug-likeness (QED) is 0.755. The molecule has 0 unspecified atom stereocenters. The van der Waals surface area contributed by atoms with E-state index in [-0.39, 0.29) is 0 Å². The van der Waals surface area contributed by atoms with Crippen molar-refractivity contribution >= 4 is 0 Å². The summed E-state index contributed by atoms with van der Waals surface area (Å²) >= 11 is 0. The van der Waals surface area contributed by atoms with Crippen LogP contribution in [0.4, 0.5) is 0 Å². The number of ether oxygens (including phenoxy) is 2. The molecule has 0 radical (unpaired) electrons. The zero-order valence-corrected chi connectivity index (χ0v) is 9.06. The van der Waals surface area contributed by atoms with Gasteiger partial charge in [0.1, 0.15) is 6.61 Å². The molecule has 0 spiro atoms. The van der Waals surface area contributed by atoms with E-state index in [9.17, 15) is 5.11 Å². The molecule has 0 bridgehead atoms. The van der Waals surface area contributed by atoms with Gasteiger partial charge in [-0.3, -0.25) is 0 Å². The Labute approximate surface area is 90.0 Å². The van der Waals surface area contributed by atoms with Crippen LogP contribution < -0.4 is 9.47 Å². The Kier molecular flexibility index (Phi) is 4.18. The maximum Gasteiger partial charge on any atom is 0.161 e. The van der Waals surface area contributed by atoms with E-state index >= 15 is 0 Å². The van der Waals surface area contributed by atoms with Crippen LogP contribution >= 0.6 is 0 Å². The minimum Gasteiger partial charge on any atom is -0.493 e. The molecule has 0 heterocycles. The van der Waals surface area contributed by atoms with Gasteiger partial charge < -0.3 is 14.6 Å². The van der Waals surface area contributed by atoms with Gasteiger partial charge in [-0.2, -0.15) is 0 Å². The van der Waals surface area contributed by atoms with Crippen molar-refractivity contribution in [2.24, 2.45) is 0 Å². The predicted molar refractivity (Wildman–Crippen MR) is 59.3 cm³/mol. The first-order valence-electron chi connectivity index (χ1n) is 4.78. The molecule has 0 fully saturated rings. The Hall–Kier alpha value is -1.48. The second kappa shape index (κ2) is 5.41. The van der Waals surface area contributed by atoms with Crippen LogP contribution in [-0.2, 0) is 0 Å². The monoisotopic (exact) mass is 208 g/mol. The van der Waals surface area contributed by atoms with Gasteiger partial charge in [0.05, 0.1) is 13.2 Å². The number of rotatable bonds is 5. The zero-order chi connectivity index (χ0) is 11.3. The third-order valence-corrected chi connectivity index (χ3v) is 2.03. The van der Waals surface area contributed by atoms with Crippen LogP contribution in [0.25, 0.3) is 0 Å². The third kappa shape index (κ3) is 2.99. The molecule has 0 amide bonds. The normalized spacial score (nSPS) is 11.9. The van der Waals surface area contributed by atoms with Gasteiger partial charge in [-0.15, -0.1) is 0 Å². The van der Waals surface area contributed by atoms with Crippen molar-refractivity contribution in [2.45, 2.75) is 13.0 Å². The molecule has 3 heteroatoms. The summed E-state index contributed by atoms with van der Waals surface area (Å²) in [6.07, 6.45) is 1.16. The van der Waals surface area contributed by atoms with Crippen molar-refractivity contribution < 1.29 is 14.6 Å². The maximum atomic E-state index is 9.40. The highest BCUT2D eigenvalue weighted by Crippen LogP contribution is 2.30.